The Balaban J connectivity index is 2.20. The van der Waals surface area contributed by atoms with Crippen LogP contribution in [-0.2, 0) is 9.59 Å². The van der Waals surface area contributed by atoms with Crippen molar-refractivity contribution in [1.29, 1.82) is 0 Å². The zero-order valence-electron chi connectivity index (χ0n) is 7.64. The highest BCUT2D eigenvalue weighted by Gasteiger charge is 2.37. The first kappa shape index (κ1) is 10.6. The average molecular weight is 290 g/mol. The Morgan fingerprint density at radius 3 is 2.93 bits per heavy atom. The lowest BCUT2D eigenvalue weighted by Gasteiger charge is -2.11. The van der Waals surface area contributed by atoms with Gasteiger partial charge >= 0.3 is 0 Å². The van der Waals surface area contributed by atoms with Crippen molar-refractivity contribution >= 4 is 44.2 Å². The van der Waals surface area contributed by atoms with Crippen LogP contribution in [0.25, 0.3) is 0 Å². The molecule has 2 rings (SSSR count). The number of hydrogen-bond donors (Lipinski definition) is 1. The lowest BCUT2D eigenvalue weighted by Crippen LogP contribution is -2.33. The van der Waals surface area contributed by atoms with Gasteiger partial charge in [-0.3, -0.25) is 14.5 Å². The largest absolute Gasteiger partial charge is 0.369 e. The monoisotopic (exact) mass is 289 g/mol. The second kappa shape index (κ2) is 3.90. The van der Waals surface area contributed by atoms with Crippen molar-refractivity contribution < 1.29 is 9.59 Å². The zero-order chi connectivity index (χ0) is 11.0. The summed E-state index contributed by atoms with van der Waals surface area (Å²) < 4.78 is 0.854. The summed E-state index contributed by atoms with van der Waals surface area (Å²) in [7, 11) is 0. The van der Waals surface area contributed by atoms with Crippen LogP contribution in [0.15, 0.2) is 9.98 Å². The third-order valence-corrected chi connectivity index (χ3v) is 3.74. The summed E-state index contributed by atoms with van der Waals surface area (Å²) in [4.78, 5) is 28.2. The SMILES string of the molecule is NC(=O)[C@@H]1CCN(c2ncc(Br)s2)C1=O. The third-order valence-electron chi connectivity index (χ3n) is 2.25. The van der Waals surface area contributed by atoms with Gasteiger partial charge in [-0.25, -0.2) is 4.98 Å². The molecule has 1 aromatic rings. The maximum Gasteiger partial charge on any atom is 0.241 e. The van der Waals surface area contributed by atoms with Crippen molar-refractivity contribution in [3.8, 4) is 0 Å². The van der Waals surface area contributed by atoms with Crippen molar-refractivity contribution in [2.75, 3.05) is 11.4 Å². The van der Waals surface area contributed by atoms with Gasteiger partial charge in [0.1, 0.15) is 5.92 Å². The standard InChI is InChI=1S/C8H8BrN3O2S/c9-5-3-11-8(15-5)12-2-1-4(6(10)13)7(12)14/h3-4H,1-2H2,(H2,10,13)/t4-/m0/s1. The van der Waals surface area contributed by atoms with Crippen molar-refractivity contribution in [3.05, 3.63) is 9.98 Å². The molecule has 1 fully saturated rings. The Hall–Kier alpha value is -0.950. The molecule has 0 aromatic carbocycles. The summed E-state index contributed by atoms with van der Waals surface area (Å²) in [5, 5.41) is 0.607. The Morgan fingerprint density at radius 1 is 1.73 bits per heavy atom. The van der Waals surface area contributed by atoms with Crippen molar-refractivity contribution in [2.45, 2.75) is 6.42 Å². The quantitative estimate of drug-likeness (QED) is 0.816. The molecule has 2 amide bonds. The molecule has 0 saturated carbocycles. The highest BCUT2D eigenvalue weighted by Crippen LogP contribution is 2.31. The van der Waals surface area contributed by atoms with Crippen LogP contribution in [0, 0.1) is 5.92 Å². The van der Waals surface area contributed by atoms with Crippen LogP contribution in [-0.4, -0.2) is 23.3 Å². The molecular formula is C8H8BrN3O2S. The molecule has 0 spiro atoms. The Labute approximate surface area is 98.4 Å². The predicted molar refractivity (Wildman–Crippen MR) is 59.5 cm³/mol. The molecule has 1 atom stereocenters. The second-order valence-electron chi connectivity index (χ2n) is 3.18. The molecule has 5 nitrogen and oxygen atoms in total. The summed E-state index contributed by atoms with van der Waals surface area (Å²) in [6.45, 7) is 0.506. The number of hydrogen-bond acceptors (Lipinski definition) is 4. The summed E-state index contributed by atoms with van der Waals surface area (Å²) in [5.74, 6) is -1.49. The number of nitrogens with two attached hydrogens (primary N) is 1. The molecule has 1 aliphatic heterocycles. The van der Waals surface area contributed by atoms with Gasteiger partial charge in [0.25, 0.3) is 0 Å². The van der Waals surface area contributed by atoms with Gasteiger partial charge in [0.05, 0.1) is 9.98 Å². The van der Waals surface area contributed by atoms with Crippen molar-refractivity contribution in [2.24, 2.45) is 11.7 Å². The van der Waals surface area contributed by atoms with Crippen LogP contribution in [0.5, 0.6) is 0 Å². The van der Waals surface area contributed by atoms with Gasteiger partial charge in [0.2, 0.25) is 11.8 Å². The van der Waals surface area contributed by atoms with E-state index in [2.05, 4.69) is 20.9 Å². The number of nitrogens with zero attached hydrogens (tertiary/aromatic N) is 2. The normalized spacial score (nSPS) is 21.0. The Bertz CT molecular complexity index is 420. The van der Waals surface area contributed by atoms with Gasteiger partial charge in [-0.15, -0.1) is 0 Å². The van der Waals surface area contributed by atoms with Gasteiger partial charge in [-0.2, -0.15) is 0 Å². The van der Waals surface area contributed by atoms with E-state index in [1.54, 1.807) is 6.20 Å². The summed E-state index contributed by atoms with van der Waals surface area (Å²) in [6, 6.07) is 0. The molecule has 0 radical (unpaired) electrons. The first-order valence-corrected chi connectivity index (χ1v) is 5.92. The number of primary amides is 1. The van der Waals surface area contributed by atoms with E-state index < -0.39 is 11.8 Å². The minimum absolute atomic E-state index is 0.246. The van der Waals surface area contributed by atoms with E-state index >= 15 is 0 Å². The maximum atomic E-state index is 11.7. The molecule has 7 heteroatoms. The fourth-order valence-corrected chi connectivity index (χ4v) is 2.72. The topological polar surface area (TPSA) is 76.3 Å². The van der Waals surface area contributed by atoms with Gasteiger partial charge in [0.15, 0.2) is 5.13 Å². The number of carbonyl (C=O) groups is 2. The van der Waals surface area contributed by atoms with Gasteiger partial charge < -0.3 is 5.73 Å². The molecule has 1 aromatic heterocycles. The molecular weight excluding hydrogens is 282 g/mol. The van der Waals surface area contributed by atoms with Crippen LogP contribution < -0.4 is 10.6 Å². The van der Waals surface area contributed by atoms with E-state index in [-0.39, 0.29) is 5.91 Å². The minimum atomic E-state index is -0.687. The maximum absolute atomic E-state index is 11.7. The van der Waals surface area contributed by atoms with E-state index in [0.29, 0.717) is 18.1 Å². The number of amides is 2. The first-order chi connectivity index (χ1) is 7.09. The molecule has 80 valence electrons. The van der Waals surface area contributed by atoms with Crippen molar-refractivity contribution in [3.63, 3.8) is 0 Å². The molecule has 15 heavy (non-hydrogen) atoms. The summed E-state index contributed by atoms with van der Waals surface area (Å²) in [6.07, 6.45) is 2.11. The van der Waals surface area contributed by atoms with Crippen LogP contribution in [0.4, 0.5) is 5.13 Å². The van der Waals surface area contributed by atoms with Gasteiger partial charge in [-0.1, -0.05) is 11.3 Å². The van der Waals surface area contributed by atoms with E-state index in [1.165, 1.54) is 16.2 Å². The number of halogens is 1. The predicted octanol–water partition coefficient (Wildman–Crippen LogP) is 0.744. The van der Waals surface area contributed by atoms with E-state index in [0.717, 1.165) is 3.79 Å². The lowest BCUT2D eigenvalue weighted by atomic mass is 10.1. The molecule has 0 bridgehead atoms. The smallest absolute Gasteiger partial charge is 0.241 e. The van der Waals surface area contributed by atoms with E-state index in [9.17, 15) is 9.59 Å². The second-order valence-corrected chi connectivity index (χ2v) is 5.57. The average Bonchev–Trinajstić information content (AvgIpc) is 2.71. The number of thiazole rings is 1. The molecule has 2 N–H and O–H groups in total. The van der Waals surface area contributed by atoms with Crippen molar-refractivity contribution in [1.82, 2.24) is 4.98 Å². The highest BCUT2D eigenvalue weighted by atomic mass is 79.9. The zero-order valence-corrected chi connectivity index (χ0v) is 10.0. The molecule has 1 aliphatic rings. The van der Waals surface area contributed by atoms with Crippen LogP contribution in [0.3, 0.4) is 0 Å². The highest BCUT2D eigenvalue weighted by molar-refractivity contribution is 9.11. The molecule has 1 saturated heterocycles. The number of aromatic nitrogens is 1. The van der Waals surface area contributed by atoms with Crippen LogP contribution in [0.1, 0.15) is 6.42 Å². The Morgan fingerprint density at radius 2 is 2.47 bits per heavy atom. The summed E-state index contributed by atoms with van der Waals surface area (Å²) in [5.41, 5.74) is 5.12. The number of anilines is 1. The molecule has 2 heterocycles. The first-order valence-electron chi connectivity index (χ1n) is 4.31. The molecule has 0 aliphatic carbocycles. The summed E-state index contributed by atoms with van der Waals surface area (Å²) >= 11 is 4.63. The lowest BCUT2D eigenvalue weighted by molar-refractivity contribution is -0.130. The van der Waals surface area contributed by atoms with E-state index in [4.69, 9.17) is 5.73 Å². The van der Waals surface area contributed by atoms with Crippen LogP contribution >= 0.6 is 27.3 Å². The Kier molecular flexibility index (Phi) is 2.74. The fourth-order valence-electron chi connectivity index (χ4n) is 1.50. The number of carbonyl (C=O) groups excluding carboxylic acids is 2. The minimum Gasteiger partial charge on any atom is -0.369 e. The van der Waals surface area contributed by atoms with Gasteiger partial charge in [-0.05, 0) is 22.4 Å². The van der Waals surface area contributed by atoms with Gasteiger partial charge in [0, 0.05) is 6.54 Å². The number of rotatable bonds is 2. The van der Waals surface area contributed by atoms with E-state index in [1.807, 2.05) is 0 Å². The molecule has 0 unspecified atom stereocenters. The fraction of sp³-hybridized carbons (Fsp3) is 0.375. The van der Waals surface area contributed by atoms with Crippen LogP contribution in [0.2, 0.25) is 0 Å². The third kappa shape index (κ3) is 1.89.